The van der Waals surface area contributed by atoms with Crippen molar-refractivity contribution in [3.63, 3.8) is 0 Å². The quantitative estimate of drug-likeness (QED) is 0.753. The smallest absolute Gasteiger partial charge is 0.0929 e. The molecule has 24 heavy (non-hydrogen) atoms. The topological polar surface area (TPSA) is 21.1 Å². The van der Waals surface area contributed by atoms with E-state index in [1.165, 1.54) is 0 Å². The van der Waals surface area contributed by atoms with Crippen LogP contribution in [0.25, 0.3) is 16.8 Å². The van der Waals surface area contributed by atoms with E-state index in [1.807, 2.05) is 24.3 Å². The van der Waals surface area contributed by atoms with E-state index in [2.05, 4.69) is 60.1 Å². The van der Waals surface area contributed by atoms with Crippen LogP contribution in [0.5, 0.6) is 0 Å². The molecule has 0 saturated carbocycles. The molecule has 124 valence electrons. The van der Waals surface area contributed by atoms with Gasteiger partial charge in [0.2, 0.25) is 0 Å². The van der Waals surface area contributed by atoms with Gasteiger partial charge in [0.1, 0.15) is 0 Å². The van der Waals surface area contributed by atoms with E-state index in [0.717, 1.165) is 48.5 Å². The van der Waals surface area contributed by atoms with E-state index < -0.39 is 0 Å². The van der Waals surface area contributed by atoms with Gasteiger partial charge in [-0.25, -0.2) is 0 Å². The normalized spacial score (nSPS) is 17.0. The van der Waals surface area contributed by atoms with Crippen LogP contribution in [-0.4, -0.2) is 34.8 Å². The van der Waals surface area contributed by atoms with E-state index in [4.69, 9.17) is 5.10 Å². The predicted octanol–water partition coefficient (Wildman–Crippen LogP) is 4.57. The minimum atomic E-state index is 0.432. The Labute approximate surface area is 144 Å². The number of hydrogen-bond acceptors (Lipinski definition) is 2. The third-order valence-electron chi connectivity index (χ3n) is 4.65. The predicted molar refractivity (Wildman–Crippen MR) is 102 cm³/mol. The molecule has 1 aromatic heterocycles. The number of nitrogens with zero attached hydrogens (tertiary/aromatic N) is 3. The third kappa shape index (κ3) is 3.41. The highest BCUT2D eigenvalue weighted by atomic mass is 15.3. The molecule has 3 heteroatoms. The van der Waals surface area contributed by atoms with Crippen LogP contribution in [-0.2, 0) is 0 Å². The molecule has 1 aliphatic heterocycles. The van der Waals surface area contributed by atoms with Gasteiger partial charge in [-0.1, -0.05) is 61.7 Å². The summed E-state index contributed by atoms with van der Waals surface area (Å²) in [5.41, 5.74) is 4.35. The highest BCUT2D eigenvalue weighted by Crippen LogP contribution is 2.30. The van der Waals surface area contributed by atoms with Crippen molar-refractivity contribution < 1.29 is 0 Å². The van der Waals surface area contributed by atoms with Gasteiger partial charge in [-0.05, 0) is 44.6 Å². The zero-order valence-electron chi connectivity index (χ0n) is 14.4. The molecule has 3 rings (SSSR count). The summed E-state index contributed by atoms with van der Waals surface area (Å²) in [6, 6.07) is 13.0. The van der Waals surface area contributed by atoms with Gasteiger partial charge in [0.15, 0.2) is 0 Å². The van der Waals surface area contributed by atoms with Crippen LogP contribution in [0.2, 0.25) is 0 Å². The second-order valence-electron chi connectivity index (χ2n) is 6.32. The molecular weight excluding hydrogens is 294 g/mol. The first-order chi connectivity index (χ1) is 11.7. The van der Waals surface area contributed by atoms with E-state index in [-0.39, 0.29) is 0 Å². The molecule has 0 atom stereocenters. The third-order valence-corrected chi connectivity index (χ3v) is 4.65. The van der Waals surface area contributed by atoms with Crippen LogP contribution < -0.4 is 0 Å². The molecule has 0 N–H and O–H groups in total. The summed E-state index contributed by atoms with van der Waals surface area (Å²) >= 11 is 0. The number of rotatable bonds is 5. The molecule has 1 aromatic carbocycles. The summed E-state index contributed by atoms with van der Waals surface area (Å²) in [6.07, 6.45) is 7.95. The van der Waals surface area contributed by atoms with Gasteiger partial charge in [0.25, 0.3) is 0 Å². The van der Waals surface area contributed by atoms with Gasteiger partial charge in [-0.15, -0.1) is 0 Å². The standard InChI is InChI=1S/C21H25N3/c1-4-9-17(5-2)21-16-20(18-10-7-6-8-11-18)22-24(21)19-12-14-23(3)15-13-19/h4-11,16,19H,1-2,12-15H2,3H3/b17-9+. The Morgan fingerprint density at radius 2 is 1.88 bits per heavy atom. The molecule has 3 nitrogen and oxygen atoms in total. The fourth-order valence-corrected chi connectivity index (χ4v) is 3.26. The molecule has 0 spiro atoms. The fraction of sp³-hybridized carbons (Fsp3) is 0.286. The molecule has 1 aliphatic rings. The summed E-state index contributed by atoms with van der Waals surface area (Å²) in [4.78, 5) is 2.38. The van der Waals surface area contributed by atoms with E-state index in [9.17, 15) is 0 Å². The van der Waals surface area contributed by atoms with Crippen LogP contribution >= 0.6 is 0 Å². The van der Waals surface area contributed by atoms with Crippen LogP contribution in [0.15, 0.2) is 67.8 Å². The Hall–Kier alpha value is -2.39. The van der Waals surface area contributed by atoms with Crippen molar-refractivity contribution in [1.29, 1.82) is 0 Å². The van der Waals surface area contributed by atoms with Crippen molar-refractivity contribution in [2.24, 2.45) is 0 Å². The Balaban J connectivity index is 2.04. The van der Waals surface area contributed by atoms with Crippen molar-refractivity contribution in [2.45, 2.75) is 18.9 Å². The number of allylic oxidation sites excluding steroid dienone is 4. The highest BCUT2D eigenvalue weighted by Gasteiger charge is 2.23. The molecule has 1 fully saturated rings. The lowest BCUT2D eigenvalue weighted by Gasteiger charge is -2.30. The average molecular weight is 319 g/mol. The average Bonchev–Trinajstić information content (AvgIpc) is 3.06. The summed E-state index contributed by atoms with van der Waals surface area (Å²) in [6.45, 7) is 10.0. The SMILES string of the molecule is C=C/C=C(\C=C)c1cc(-c2ccccc2)nn1C1CCN(C)CC1. The Kier molecular flexibility index (Phi) is 5.11. The van der Waals surface area contributed by atoms with Gasteiger partial charge < -0.3 is 4.90 Å². The summed E-state index contributed by atoms with van der Waals surface area (Å²) < 4.78 is 2.20. The molecule has 2 heterocycles. The first-order valence-electron chi connectivity index (χ1n) is 8.52. The van der Waals surface area contributed by atoms with Crippen LogP contribution in [0, 0.1) is 0 Å². The van der Waals surface area contributed by atoms with Crippen LogP contribution in [0.1, 0.15) is 24.6 Å². The first kappa shape index (κ1) is 16.5. The molecule has 0 radical (unpaired) electrons. The first-order valence-corrected chi connectivity index (χ1v) is 8.52. The Morgan fingerprint density at radius 3 is 2.50 bits per heavy atom. The zero-order valence-corrected chi connectivity index (χ0v) is 14.4. The van der Waals surface area contributed by atoms with Gasteiger partial charge in [0.05, 0.1) is 17.4 Å². The second kappa shape index (κ2) is 7.45. The van der Waals surface area contributed by atoms with Crippen molar-refractivity contribution in [1.82, 2.24) is 14.7 Å². The van der Waals surface area contributed by atoms with Gasteiger partial charge in [-0.2, -0.15) is 5.10 Å². The maximum Gasteiger partial charge on any atom is 0.0929 e. The number of benzene rings is 1. The summed E-state index contributed by atoms with van der Waals surface area (Å²) in [5.74, 6) is 0. The van der Waals surface area contributed by atoms with Crippen molar-refractivity contribution in [3.05, 3.63) is 73.5 Å². The van der Waals surface area contributed by atoms with E-state index >= 15 is 0 Å². The van der Waals surface area contributed by atoms with Gasteiger partial charge in [-0.3, -0.25) is 4.68 Å². The highest BCUT2D eigenvalue weighted by molar-refractivity contribution is 5.75. The fourth-order valence-electron chi connectivity index (χ4n) is 3.26. The minimum Gasteiger partial charge on any atom is -0.306 e. The van der Waals surface area contributed by atoms with E-state index in [1.54, 1.807) is 0 Å². The molecule has 2 aromatic rings. The van der Waals surface area contributed by atoms with Crippen LogP contribution in [0.4, 0.5) is 0 Å². The molecule has 0 bridgehead atoms. The number of aromatic nitrogens is 2. The van der Waals surface area contributed by atoms with E-state index in [0.29, 0.717) is 6.04 Å². The Morgan fingerprint density at radius 1 is 1.17 bits per heavy atom. The maximum absolute atomic E-state index is 4.96. The lowest BCUT2D eigenvalue weighted by molar-refractivity contribution is 0.212. The number of piperidine rings is 1. The molecular formula is C21H25N3. The molecule has 0 amide bonds. The van der Waals surface area contributed by atoms with Gasteiger partial charge >= 0.3 is 0 Å². The number of likely N-dealkylation sites (tertiary alicyclic amines) is 1. The largest absolute Gasteiger partial charge is 0.306 e. The van der Waals surface area contributed by atoms with Crippen molar-refractivity contribution in [3.8, 4) is 11.3 Å². The zero-order chi connectivity index (χ0) is 16.9. The van der Waals surface area contributed by atoms with Crippen molar-refractivity contribution in [2.75, 3.05) is 20.1 Å². The monoisotopic (exact) mass is 319 g/mol. The lowest BCUT2D eigenvalue weighted by atomic mass is 10.0. The van der Waals surface area contributed by atoms with Crippen LogP contribution in [0.3, 0.4) is 0 Å². The number of hydrogen-bond donors (Lipinski definition) is 0. The minimum absolute atomic E-state index is 0.432. The molecule has 1 saturated heterocycles. The second-order valence-corrected chi connectivity index (χ2v) is 6.32. The Bertz CT molecular complexity index is 732. The molecule has 0 aliphatic carbocycles. The summed E-state index contributed by atoms with van der Waals surface area (Å²) in [7, 11) is 2.18. The lowest BCUT2D eigenvalue weighted by Crippen LogP contribution is -2.32. The summed E-state index contributed by atoms with van der Waals surface area (Å²) in [5, 5.41) is 4.96. The van der Waals surface area contributed by atoms with Gasteiger partial charge in [0, 0.05) is 5.56 Å². The maximum atomic E-state index is 4.96. The molecule has 0 unspecified atom stereocenters. The van der Waals surface area contributed by atoms with Crippen molar-refractivity contribution >= 4 is 5.57 Å².